The zero-order chi connectivity index (χ0) is 14.0. The Kier molecular flexibility index (Phi) is 4.01. The molecule has 0 spiro atoms. The van der Waals surface area contributed by atoms with Gasteiger partial charge in [0.2, 0.25) is 0 Å². The average Bonchev–Trinajstić information content (AvgIpc) is 2.75. The molecule has 2 aromatic rings. The van der Waals surface area contributed by atoms with Gasteiger partial charge >= 0.3 is 0 Å². The van der Waals surface area contributed by atoms with Crippen LogP contribution in [-0.2, 0) is 5.54 Å². The summed E-state index contributed by atoms with van der Waals surface area (Å²) in [5, 5.41) is 6.87. The van der Waals surface area contributed by atoms with E-state index in [1.54, 1.807) is 6.92 Å². The number of benzene rings is 1. The van der Waals surface area contributed by atoms with Crippen LogP contribution in [0, 0.1) is 6.92 Å². The van der Waals surface area contributed by atoms with Crippen LogP contribution in [0.2, 0.25) is 0 Å². The molecule has 0 radical (unpaired) electrons. The monoisotopic (exact) mass is 339 g/mol. The van der Waals surface area contributed by atoms with Crippen LogP contribution in [0.3, 0.4) is 0 Å². The molecule has 1 amide bonds. The van der Waals surface area contributed by atoms with Gasteiger partial charge in [-0.15, -0.1) is 5.10 Å². The number of hydrogen-bond acceptors (Lipinski definition) is 4. The number of nitrogens with one attached hydrogen (secondary N) is 1. The van der Waals surface area contributed by atoms with Crippen LogP contribution in [0.25, 0.3) is 0 Å². The Hall–Kier alpha value is -1.27. The second-order valence-electron chi connectivity index (χ2n) is 4.75. The molecule has 100 valence electrons. The summed E-state index contributed by atoms with van der Waals surface area (Å²) in [5.41, 5.74) is 1.21. The van der Waals surface area contributed by atoms with E-state index in [1.165, 1.54) is 0 Å². The molecule has 0 fully saturated rings. The van der Waals surface area contributed by atoms with Gasteiger partial charge in [0.15, 0.2) is 0 Å². The molecule has 1 aromatic heterocycles. The Labute approximate surface area is 124 Å². The molecule has 6 heteroatoms. The third-order valence-electron chi connectivity index (χ3n) is 2.83. The summed E-state index contributed by atoms with van der Waals surface area (Å²) in [5.74, 6) is -0.145. The van der Waals surface area contributed by atoms with E-state index in [1.807, 2.05) is 38.1 Å². The number of nitrogens with zero attached hydrogens (tertiary/aromatic N) is 2. The second-order valence-corrected chi connectivity index (χ2v) is 6.35. The molecule has 0 saturated carbocycles. The van der Waals surface area contributed by atoms with Crippen LogP contribution in [0.4, 0.5) is 0 Å². The minimum Gasteiger partial charge on any atom is -0.342 e. The number of rotatable bonds is 3. The maximum absolute atomic E-state index is 12.2. The third-order valence-corrected chi connectivity index (χ3v) is 4.35. The van der Waals surface area contributed by atoms with E-state index in [9.17, 15) is 4.79 Å². The van der Waals surface area contributed by atoms with Gasteiger partial charge in [-0.05, 0) is 43.9 Å². The highest BCUT2D eigenvalue weighted by molar-refractivity contribution is 9.10. The highest BCUT2D eigenvalue weighted by Crippen LogP contribution is 2.28. The molecule has 1 N–H and O–H groups in total. The van der Waals surface area contributed by atoms with E-state index in [4.69, 9.17) is 0 Å². The molecule has 4 nitrogen and oxygen atoms in total. The summed E-state index contributed by atoms with van der Waals surface area (Å²) in [6, 6.07) is 7.85. The number of halogens is 1. The molecule has 1 aromatic carbocycles. The lowest BCUT2D eigenvalue weighted by molar-refractivity contribution is 0.0915. The predicted molar refractivity (Wildman–Crippen MR) is 79.3 cm³/mol. The van der Waals surface area contributed by atoms with Crippen molar-refractivity contribution in [1.82, 2.24) is 14.9 Å². The van der Waals surface area contributed by atoms with Gasteiger partial charge in [0.05, 0.1) is 11.2 Å². The lowest BCUT2D eigenvalue weighted by atomic mass is 9.94. The fourth-order valence-corrected chi connectivity index (χ4v) is 3.15. The van der Waals surface area contributed by atoms with Gasteiger partial charge in [-0.1, -0.05) is 38.6 Å². The van der Waals surface area contributed by atoms with Gasteiger partial charge in [0.25, 0.3) is 5.91 Å². The zero-order valence-corrected chi connectivity index (χ0v) is 13.3. The molecule has 2 rings (SSSR count). The van der Waals surface area contributed by atoms with Gasteiger partial charge in [0, 0.05) is 4.47 Å². The first-order valence-corrected chi connectivity index (χ1v) is 7.35. The predicted octanol–water partition coefficient (Wildman–Crippen LogP) is 3.27. The normalized spacial score (nSPS) is 11.4. The van der Waals surface area contributed by atoms with E-state index in [-0.39, 0.29) is 5.91 Å². The minimum absolute atomic E-state index is 0.145. The van der Waals surface area contributed by atoms with Crippen molar-refractivity contribution in [2.75, 3.05) is 0 Å². The Balaban J connectivity index is 2.25. The smallest absolute Gasteiger partial charge is 0.265 e. The van der Waals surface area contributed by atoms with Gasteiger partial charge in [-0.25, -0.2) is 0 Å². The van der Waals surface area contributed by atoms with Gasteiger partial charge in [0.1, 0.15) is 4.88 Å². The minimum atomic E-state index is -0.479. The summed E-state index contributed by atoms with van der Waals surface area (Å²) in [6.45, 7) is 5.72. The van der Waals surface area contributed by atoms with Crippen LogP contribution >= 0.6 is 27.5 Å². The van der Waals surface area contributed by atoms with Gasteiger partial charge < -0.3 is 5.32 Å². The van der Waals surface area contributed by atoms with E-state index in [2.05, 4.69) is 30.8 Å². The first-order valence-electron chi connectivity index (χ1n) is 5.78. The molecular formula is C13H14BrN3OS. The summed E-state index contributed by atoms with van der Waals surface area (Å²) in [6.07, 6.45) is 0. The van der Waals surface area contributed by atoms with E-state index >= 15 is 0 Å². The number of aryl methyl sites for hydroxylation is 1. The van der Waals surface area contributed by atoms with Crippen molar-refractivity contribution >= 4 is 33.4 Å². The molecule has 0 aliphatic heterocycles. The SMILES string of the molecule is Cc1nnsc1C(=O)NC(C)(C)c1ccccc1Br. The lowest BCUT2D eigenvalue weighted by Gasteiger charge is -2.27. The van der Waals surface area contributed by atoms with Crippen molar-refractivity contribution in [3.63, 3.8) is 0 Å². The average molecular weight is 340 g/mol. The van der Waals surface area contributed by atoms with Crippen molar-refractivity contribution in [3.8, 4) is 0 Å². The zero-order valence-electron chi connectivity index (χ0n) is 10.9. The van der Waals surface area contributed by atoms with Crippen LogP contribution in [-0.4, -0.2) is 15.5 Å². The molecule has 0 aliphatic carbocycles. The van der Waals surface area contributed by atoms with Crippen molar-refractivity contribution in [2.24, 2.45) is 0 Å². The highest BCUT2D eigenvalue weighted by Gasteiger charge is 2.26. The topological polar surface area (TPSA) is 54.9 Å². The number of amides is 1. The molecule has 0 bridgehead atoms. The number of carbonyl (C=O) groups is 1. The maximum Gasteiger partial charge on any atom is 0.265 e. The molecule has 1 heterocycles. The molecule has 0 aliphatic rings. The Morgan fingerprint density at radius 1 is 1.37 bits per heavy atom. The van der Waals surface area contributed by atoms with Crippen LogP contribution < -0.4 is 5.32 Å². The Morgan fingerprint density at radius 2 is 2.05 bits per heavy atom. The molecule has 0 saturated heterocycles. The molecule has 0 unspecified atom stereocenters. The standard InChI is InChI=1S/C13H14BrN3OS/c1-8-11(19-17-16-8)12(18)15-13(2,3)9-6-4-5-7-10(9)14/h4-7H,1-3H3,(H,15,18). The van der Waals surface area contributed by atoms with E-state index < -0.39 is 5.54 Å². The van der Waals surface area contributed by atoms with E-state index in [0.717, 1.165) is 21.6 Å². The molecule has 0 atom stereocenters. The summed E-state index contributed by atoms with van der Waals surface area (Å²) in [4.78, 5) is 12.8. The third kappa shape index (κ3) is 3.01. The van der Waals surface area contributed by atoms with Crippen LogP contribution in [0.1, 0.15) is 34.8 Å². The maximum atomic E-state index is 12.2. The number of aromatic nitrogens is 2. The summed E-state index contributed by atoms with van der Waals surface area (Å²) in [7, 11) is 0. The highest BCUT2D eigenvalue weighted by atomic mass is 79.9. The largest absolute Gasteiger partial charge is 0.342 e. The van der Waals surface area contributed by atoms with Crippen molar-refractivity contribution in [3.05, 3.63) is 44.9 Å². The van der Waals surface area contributed by atoms with E-state index in [0.29, 0.717) is 10.6 Å². The first-order chi connectivity index (χ1) is 8.92. The summed E-state index contributed by atoms with van der Waals surface area (Å²) < 4.78 is 4.76. The van der Waals surface area contributed by atoms with Crippen molar-refractivity contribution < 1.29 is 4.79 Å². The second kappa shape index (κ2) is 5.38. The van der Waals surface area contributed by atoms with Crippen molar-refractivity contribution in [2.45, 2.75) is 26.3 Å². The quantitative estimate of drug-likeness (QED) is 0.933. The van der Waals surface area contributed by atoms with Gasteiger partial charge in [-0.3, -0.25) is 4.79 Å². The number of hydrogen-bond donors (Lipinski definition) is 1. The number of carbonyl (C=O) groups excluding carboxylic acids is 1. The first kappa shape index (κ1) is 14.1. The molecular weight excluding hydrogens is 326 g/mol. The van der Waals surface area contributed by atoms with Crippen molar-refractivity contribution in [1.29, 1.82) is 0 Å². The Morgan fingerprint density at radius 3 is 2.63 bits per heavy atom. The lowest BCUT2D eigenvalue weighted by Crippen LogP contribution is -2.41. The Bertz CT molecular complexity index is 609. The van der Waals surface area contributed by atoms with Crippen LogP contribution in [0.15, 0.2) is 28.7 Å². The summed E-state index contributed by atoms with van der Waals surface area (Å²) >= 11 is 4.62. The van der Waals surface area contributed by atoms with Gasteiger partial charge in [-0.2, -0.15) is 0 Å². The molecule has 19 heavy (non-hydrogen) atoms. The fourth-order valence-electron chi connectivity index (χ4n) is 1.82. The van der Waals surface area contributed by atoms with Crippen LogP contribution in [0.5, 0.6) is 0 Å². The fraction of sp³-hybridized carbons (Fsp3) is 0.308.